The molecule has 2 amide bonds. The molecule has 0 saturated carbocycles. The molecule has 8 nitrogen and oxygen atoms in total. The van der Waals surface area contributed by atoms with E-state index in [9.17, 15) is 14.4 Å². The SMILES string of the molecule is COC(=O)c1c(NC(=O)c2ccc(OCCCNC(=O)OC(C)(C)C)cc2)sc2c1CCC(C(C)(C)C)C2. The molecule has 3 rings (SSSR count). The second kappa shape index (κ2) is 12.2. The number of benzene rings is 1. The van der Waals surface area contributed by atoms with Crippen molar-refractivity contribution in [2.45, 2.75) is 72.8 Å². The van der Waals surface area contributed by atoms with Gasteiger partial charge in [-0.15, -0.1) is 11.3 Å². The van der Waals surface area contributed by atoms with Crippen molar-refractivity contribution >= 4 is 34.3 Å². The number of nitrogens with one attached hydrogen (secondary N) is 2. The Labute approximate surface area is 229 Å². The Bertz CT molecular complexity index is 1140. The molecule has 38 heavy (non-hydrogen) atoms. The van der Waals surface area contributed by atoms with Crippen LogP contribution in [-0.2, 0) is 22.3 Å². The van der Waals surface area contributed by atoms with Crippen LogP contribution in [0.25, 0.3) is 0 Å². The molecule has 0 aliphatic heterocycles. The standard InChI is InChI=1S/C29H40N2O6S/c1-28(2,3)19-11-14-21-22(17-19)38-25(23(21)26(33)35-7)31-24(32)18-9-12-20(13-10-18)36-16-8-15-30-27(34)37-29(4,5)6/h9-10,12-13,19H,8,11,14-17H2,1-7H3,(H,30,34)(H,31,32). The molecule has 1 unspecified atom stereocenters. The van der Waals surface area contributed by atoms with E-state index in [1.807, 2.05) is 20.8 Å². The van der Waals surface area contributed by atoms with Gasteiger partial charge in [-0.1, -0.05) is 20.8 Å². The molecular formula is C29H40N2O6S. The van der Waals surface area contributed by atoms with Crippen LogP contribution >= 0.6 is 11.3 Å². The summed E-state index contributed by atoms with van der Waals surface area (Å²) in [7, 11) is 1.37. The first-order valence-corrected chi connectivity index (χ1v) is 13.8. The summed E-state index contributed by atoms with van der Waals surface area (Å²) in [6.07, 6.45) is 2.85. The maximum Gasteiger partial charge on any atom is 0.407 e. The van der Waals surface area contributed by atoms with Crippen molar-refractivity contribution in [1.29, 1.82) is 0 Å². The van der Waals surface area contributed by atoms with Gasteiger partial charge in [-0.3, -0.25) is 4.79 Å². The summed E-state index contributed by atoms with van der Waals surface area (Å²) < 4.78 is 16.0. The van der Waals surface area contributed by atoms with Crippen LogP contribution in [0.5, 0.6) is 5.75 Å². The maximum atomic E-state index is 13.0. The van der Waals surface area contributed by atoms with Crippen molar-refractivity contribution in [1.82, 2.24) is 5.32 Å². The maximum absolute atomic E-state index is 13.0. The minimum Gasteiger partial charge on any atom is -0.494 e. The van der Waals surface area contributed by atoms with Crippen LogP contribution in [0.2, 0.25) is 0 Å². The number of anilines is 1. The summed E-state index contributed by atoms with van der Waals surface area (Å²) in [5, 5.41) is 6.18. The second-order valence-corrected chi connectivity index (χ2v) is 12.7. The molecule has 0 spiro atoms. The van der Waals surface area contributed by atoms with Crippen molar-refractivity contribution in [2.75, 3.05) is 25.6 Å². The number of carbonyl (C=O) groups is 3. The third kappa shape index (κ3) is 7.96. The van der Waals surface area contributed by atoms with Gasteiger partial charge in [-0.05, 0) is 87.6 Å². The van der Waals surface area contributed by atoms with Crippen LogP contribution in [0, 0.1) is 11.3 Å². The third-order valence-electron chi connectivity index (χ3n) is 6.48. The van der Waals surface area contributed by atoms with E-state index in [0.29, 0.717) is 47.4 Å². The monoisotopic (exact) mass is 544 g/mol. The Morgan fingerprint density at radius 1 is 1.05 bits per heavy atom. The topological polar surface area (TPSA) is 103 Å². The summed E-state index contributed by atoms with van der Waals surface area (Å²) in [4.78, 5) is 38.5. The Kier molecular flexibility index (Phi) is 9.46. The number of hydrogen-bond donors (Lipinski definition) is 2. The van der Waals surface area contributed by atoms with Gasteiger partial charge in [0, 0.05) is 17.0 Å². The molecule has 2 N–H and O–H groups in total. The number of alkyl carbamates (subject to hydrolysis) is 1. The molecule has 1 atom stereocenters. The number of fused-ring (bicyclic) bond motifs is 1. The number of hydrogen-bond acceptors (Lipinski definition) is 7. The average molecular weight is 545 g/mol. The number of thiophene rings is 1. The van der Waals surface area contributed by atoms with E-state index < -0.39 is 17.7 Å². The molecular weight excluding hydrogens is 504 g/mol. The molecule has 0 fully saturated rings. The van der Waals surface area contributed by atoms with Crippen molar-refractivity contribution < 1.29 is 28.6 Å². The molecule has 208 valence electrons. The summed E-state index contributed by atoms with van der Waals surface area (Å²) in [6, 6.07) is 6.82. The van der Waals surface area contributed by atoms with Crippen molar-refractivity contribution in [3.8, 4) is 5.75 Å². The van der Waals surface area contributed by atoms with Gasteiger partial charge in [0.2, 0.25) is 0 Å². The van der Waals surface area contributed by atoms with Gasteiger partial charge in [-0.25, -0.2) is 9.59 Å². The summed E-state index contributed by atoms with van der Waals surface area (Å²) in [6.45, 7) is 13.0. The highest BCUT2D eigenvalue weighted by atomic mass is 32.1. The molecule has 1 heterocycles. The highest BCUT2D eigenvalue weighted by Crippen LogP contribution is 2.44. The van der Waals surface area contributed by atoms with Crippen molar-refractivity contribution in [3.63, 3.8) is 0 Å². The first-order valence-electron chi connectivity index (χ1n) is 13.0. The Morgan fingerprint density at radius 3 is 2.34 bits per heavy atom. The highest BCUT2D eigenvalue weighted by molar-refractivity contribution is 7.17. The minimum absolute atomic E-state index is 0.176. The van der Waals surface area contributed by atoms with Crippen LogP contribution in [-0.4, -0.2) is 43.8 Å². The predicted molar refractivity (Wildman–Crippen MR) is 149 cm³/mol. The predicted octanol–water partition coefficient (Wildman–Crippen LogP) is 6.23. The van der Waals surface area contributed by atoms with E-state index in [1.165, 1.54) is 18.4 Å². The molecule has 0 saturated heterocycles. The van der Waals surface area contributed by atoms with E-state index >= 15 is 0 Å². The number of esters is 1. The summed E-state index contributed by atoms with van der Waals surface area (Å²) >= 11 is 1.48. The Morgan fingerprint density at radius 2 is 1.74 bits per heavy atom. The van der Waals surface area contributed by atoms with Crippen molar-refractivity contribution in [3.05, 3.63) is 45.8 Å². The molecule has 0 radical (unpaired) electrons. The second-order valence-electron chi connectivity index (χ2n) is 11.6. The molecule has 2 aromatic rings. The van der Waals surface area contributed by atoms with Gasteiger partial charge in [0.25, 0.3) is 5.91 Å². The van der Waals surface area contributed by atoms with Gasteiger partial charge in [0.15, 0.2) is 0 Å². The van der Waals surface area contributed by atoms with Gasteiger partial charge in [-0.2, -0.15) is 0 Å². The number of amides is 2. The smallest absolute Gasteiger partial charge is 0.407 e. The van der Waals surface area contributed by atoms with Crippen LogP contribution in [0.3, 0.4) is 0 Å². The molecule has 1 aliphatic carbocycles. The van der Waals surface area contributed by atoms with Crippen LogP contribution in [0.1, 0.15) is 85.5 Å². The van der Waals surface area contributed by atoms with Crippen LogP contribution < -0.4 is 15.4 Å². The molecule has 9 heteroatoms. The van der Waals surface area contributed by atoms with Gasteiger partial charge in [0.1, 0.15) is 16.4 Å². The number of carbonyl (C=O) groups excluding carboxylic acids is 3. The number of methoxy groups -OCH3 is 1. The molecule has 1 aromatic carbocycles. The Balaban J connectivity index is 1.58. The Hall–Kier alpha value is -3.07. The quantitative estimate of drug-likeness (QED) is 0.302. The first-order chi connectivity index (χ1) is 17.8. The highest BCUT2D eigenvalue weighted by Gasteiger charge is 2.34. The largest absolute Gasteiger partial charge is 0.494 e. The van der Waals surface area contributed by atoms with E-state index in [-0.39, 0.29) is 11.3 Å². The van der Waals surface area contributed by atoms with Gasteiger partial charge in [0.05, 0.1) is 19.3 Å². The molecule has 0 bridgehead atoms. The van der Waals surface area contributed by atoms with E-state index in [4.69, 9.17) is 14.2 Å². The molecule has 1 aliphatic rings. The van der Waals surface area contributed by atoms with Gasteiger partial charge < -0.3 is 24.8 Å². The fourth-order valence-electron chi connectivity index (χ4n) is 4.38. The summed E-state index contributed by atoms with van der Waals surface area (Å²) in [5.41, 5.74) is 1.58. The normalized spacial score (nSPS) is 15.3. The van der Waals surface area contributed by atoms with Crippen molar-refractivity contribution in [2.24, 2.45) is 11.3 Å². The fraction of sp³-hybridized carbons (Fsp3) is 0.552. The average Bonchev–Trinajstić information content (AvgIpc) is 3.19. The van der Waals surface area contributed by atoms with Gasteiger partial charge >= 0.3 is 12.1 Å². The zero-order chi connectivity index (χ0) is 28.1. The first kappa shape index (κ1) is 29.5. The van der Waals surface area contributed by atoms with E-state index in [1.54, 1.807) is 24.3 Å². The van der Waals surface area contributed by atoms with E-state index in [0.717, 1.165) is 29.7 Å². The lowest BCUT2D eigenvalue weighted by Crippen LogP contribution is -2.33. The lowest BCUT2D eigenvalue weighted by atomic mass is 9.72. The fourth-order valence-corrected chi connectivity index (χ4v) is 5.69. The third-order valence-corrected chi connectivity index (χ3v) is 7.65. The summed E-state index contributed by atoms with van der Waals surface area (Å²) in [5.74, 6) is 0.420. The minimum atomic E-state index is -0.534. The van der Waals surface area contributed by atoms with E-state index in [2.05, 4.69) is 31.4 Å². The lowest BCUT2D eigenvalue weighted by Gasteiger charge is -2.33. The number of ether oxygens (including phenoxy) is 3. The van der Waals surface area contributed by atoms with Crippen LogP contribution in [0.15, 0.2) is 24.3 Å². The molecule has 1 aromatic heterocycles. The zero-order valence-electron chi connectivity index (χ0n) is 23.5. The number of rotatable bonds is 8. The lowest BCUT2D eigenvalue weighted by molar-refractivity contribution is 0.0524. The zero-order valence-corrected chi connectivity index (χ0v) is 24.3. The van der Waals surface area contributed by atoms with Crippen LogP contribution in [0.4, 0.5) is 9.80 Å².